The van der Waals surface area contributed by atoms with Crippen LogP contribution in [0, 0.1) is 11.6 Å². The molecule has 1 unspecified atom stereocenters. The Morgan fingerprint density at radius 3 is 2.80 bits per heavy atom. The zero-order chi connectivity index (χ0) is 21.6. The maximum Gasteiger partial charge on any atom is 0.332 e. The standard InChI is InChI=1S/C19H18F2N8O/c1-9(17-12(20)6-14-11(18(17)21)7-24-28(14)3)15-8-23-16-5-4-13(27-29(15)16)10(2)25-26-19(22)30/h4-9H,1-3H3,(H3,22,26,30). The van der Waals surface area contributed by atoms with E-state index in [0.29, 0.717) is 28.3 Å². The summed E-state index contributed by atoms with van der Waals surface area (Å²) in [6, 6.07) is 3.83. The number of nitrogens with zero attached hydrogens (tertiary/aromatic N) is 6. The molecule has 0 aliphatic carbocycles. The summed E-state index contributed by atoms with van der Waals surface area (Å²) < 4.78 is 32.9. The second-order valence-corrected chi connectivity index (χ2v) is 6.85. The van der Waals surface area contributed by atoms with Crippen LogP contribution < -0.4 is 11.2 Å². The first-order valence-corrected chi connectivity index (χ1v) is 9.02. The number of carbonyl (C=O) groups is 1. The molecule has 0 fully saturated rings. The summed E-state index contributed by atoms with van der Waals surface area (Å²) in [6.07, 6.45) is 2.90. The summed E-state index contributed by atoms with van der Waals surface area (Å²) in [4.78, 5) is 15.1. The largest absolute Gasteiger partial charge is 0.350 e. The van der Waals surface area contributed by atoms with Gasteiger partial charge in [0, 0.05) is 24.6 Å². The van der Waals surface area contributed by atoms with Crippen LogP contribution in [0.25, 0.3) is 16.6 Å². The number of hydrazone groups is 1. The van der Waals surface area contributed by atoms with Crippen molar-refractivity contribution in [3.8, 4) is 0 Å². The number of nitrogens with two attached hydrogens (primary N) is 1. The Bertz CT molecular complexity index is 1320. The van der Waals surface area contributed by atoms with Gasteiger partial charge in [-0.05, 0) is 19.1 Å². The highest BCUT2D eigenvalue weighted by atomic mass is 19.1. The van der Waals surface area contributed by atoms with Gasteiger partial charge in [0.1, 0.15) is 17.3 Å². The average Bonchev–Trinajstić information content (AvgIpc) is 3.29. The third kappa shape index (κ3) is 3.13. The van der Waals surface area contributed by atoms with E-state index in [-0.39, 0.29) is 10.9 Å². The van der Waals surface area contributed by atoms with E-state index in [4.69, 9.17) is 5.73 Å². The molecule has 0 aliphatic rings. The molecular weight excluding hydrogens is 394 g/mol. The molecular formula is C19H18F2N8O. The molecule has 3 N–H and O–H groups in total. The van der Waals surface area contributed by atoms with Crippen LogP contribution in [0.4, 0.5) is 13.6 Å². The minimum Gasteiger partial charge on any atom is -0.350 e. The van der Waals surface area contributed by atoms with Crippen molar-refractivity contribution in [1.82, 2.24) is 29.8 Å². The van der Waals surface area contributed by atoms with E-state index in [9.17, 15) is 9.18 Å². The summed E-state index contributed by atoms with van der Waals surface area (Å²) in [5.41, 5.74) is 9.26. The van der Waals surface area contributed by atoms with Crippen LogP contribution in [-0.4, -0.2) is 36.1 Å². The number of rotatable bonds is 4. The highest BCUT2D eigenvalue weighted by Gasteiger charge is 2.25. The van der Waals surface area contributed by atoms with Gasteiger partial charge in [-0.15, -0.1) is 0 Å². The summed E-state index contributed by atoms with van der Waals surface area (Å²) in [6.45, 7) is 3.32. The Morgan fingerprint density at radius 2 is 2.07 bits per heavy atom. The Labute approximate surface area is 169 Å². The number of carbonyl (C=O) groups excluding carboxylic acids is 1. The third-order valence-electron chi connectivity index (χ3n) is 4.95. The molecule has 1 aromatic carbocycles. The number of primary amides is 1. The number of benzene rings is 1. The second-order valence-electron chi connectivity index (χ2n) is 6.85. The van der Waals surface area contributed by atoms with Gasteiger partial charge >= 0.3 is 6.03 Å². The van der Waals surface area contributed by atoms with Gasteiger partial charge < -0.3 is 5.73 Å². The summed E-state index contributed by atoms with van der Waals surface area (Å²) in [5.74, 6) is -2.03. The van der Waals surface area contributed by atoms with E-state index in [1.165, 1.54) is 27.7 Å². The third-order valence-corrected chi connectivity index (χ3v) is 4.95. The van der Waals surface area contributed by atoms with Crippen LogP contribution in [0.2, 0.25) is 0 Å². The van der Waals surface area contributed by atoms with Crippen molar-refractivity contribution in [3.63, 3.8) is 0 Å². The molecule has 4 rings (SSSR count). The van der Waals surface area contributed by atoms with Gasteiger partial charge in [-0.3, -0.25) is 4.68 Å². The number of hydrogen-bond acceptors (Lipinski definition) is 5. The fourth-order valence-electron chi connectivity index (χ4n) is 3.36. The van der Waals surface area contributed by atoms with Gasteiger partial charge in [0.15, 0.2) is 5.65 Å². The lowest BCUT2D eigenvalue weighted by Crippen LogP contribution is -2.25. The molecule has 0 radical (unpaired) electrons. The van der Waals surface area contributed by atoms with Crippen LogP contribution in [0.15, 0.2) is 35.7 Å². The average molecular weight is 412 g/mol. The molecule has 3 heterocycles. The molecule has 0 bridgehead atoms. The predicted molar refractivity (Wildman–Crippen MR) is 106 cm³/mol. The van der Waals surface area contributed by atoms with Gasteiger partial charge in [0.05, 0.1) is 34.7 Å². The first kappa shape index (κ1) is 19.4. The number of aryl methyl sites for hydroxylation is 1. The molecule has 0 aliphatic heterocycles. The quantitative estimate of drug-likeness (QED) is 0.396. The SMILES string of the molecule is CC(=NNC(N)=O)c1ccc2ncc(C(C)c3c(F)cc4c(cnn4C)c3F)n2n1. The van der Waals surface area contributed by atoms with E-state index < -0.39 is 23.6 Å². The summed E-state index contributed by atoms with van der Waals surface area (Å²) in [5, 5.41) is 12.5. The van der Waals surface area contributed by atoms with E-state index in [2.05, 4.69) is 25.7 Å². The van der Waals surface area contributed by atoms with Crippen molar-refractivity contribution >= 4 is 28.3 Å². The number of amides is 2. The molecule has 0 spiro atoms. The van der Waals surface area contributed by atoms with Crippen molar-refractivity contribution in [2.45, 2.75) is 19.8 Å². The number of imidazole rings is 1. The van der Waals surface area contributed by atoms with Crippen LogP contribution in [-0.2, 0) is 7.05 Å². The van der Waals surface area contributed by atoms with E-state index in [0.717, 1.165) is 0 Å². The lowest BCUT2D eigenvalue weighted by molar-refractivity contribution is 0.249. The Balaban J connectivity index is 1.82. The second kappa shape index (κ2) is 7.17. The number of halogens is 2. The van der Waals surface area contributed by atoms with Crippen molar-refractivity contribution in [2.24, 2.45) is 17.9 Å². The highest BCUT2D eigenvalue weighted by molar-refractivity contribution is 5.97. The number of urea groups is 1. The summed E-state index contributed by atoms with van der Waals surface area (Å²) in [7, 11) is 1.62. The first-order valence-electron chi connectivity index (χ1n) is 9.02. The molecule has 1 atom stereocenters. The predicted octanol–water partition coefficient (Wildman–Crippen LogP) is 2.44. The number of hydrogen-bond donors (Lipinski definition) is 2. The Hall–Kier alpha value is -3.89. The highest BCUT2D eigenvalue weighted by Crippen LogP contribution is 2.33. The maximum atomic E-state index is 15.2. The van der Waals surface area contributed by atoms with Gasteiger partial charge in [-0.1, -0.05) is 6.92 Å². The lowest BCUT2D eigenvalue weighted by atomic mass is 9.95. The Morgan fingerprint density at radius 1 is 1.30 bits per heavy atom. The molecule has 4 aromatic rings. The molecule has 9 nitrogen and oxygen atoms in total. The normalized spacial score (nSPS) is 13.2. The monoisotopic (exact) mass is 412 g/mol. The van der Waals surface area contributed by atoms with Crippen LogP contribution >= 0.6 is 0 Å². The summed E-state index contributed by atoms with van der Waals surface area (Å²) >= 11 is 0. The van der Waals surface area contributed by atoms with E-state index >= 15 is 4.39 Å². The molecule has 3 aromatic heterocycles. The molecule has 0 saturated carbocycles. The molecule has 0 saturated heterocycles. The van der Waals surface area contributed by atoms with Gasteiger partial charge in [-0.2, -0.15) is 15.3 Å². The van der Waals surface area contributed by atoms with Gasteiger partial charge in [0.25, 0.3) is 0 Å². The van der Waals surface area contributed by atoms with Crippen molar-refractivity contribution in [3.05, 3.63) is 59.2 Å². The lowest BCUT2D eigenvalue weighted by Gasteiger charge is -2.14. The maximum absolute atomic E-state index is 15.2. The van der Waals surface area contributed by atoms with Crippen molar-refractivity contribution in [1.29, 1.82) is 0 Å². The van der Waals surface area contributed by atoms with Crippen LogP contribution in [0.3, 0.4) is 0 Å². The van der Waals surface area contributed by atoms with Crippen LogP contribution in [0.1, 0.15) is 36.7 Å². The van der Waals surface area contributed by atoms with Gasteiger partial charge in [0.2, 0.25) is 0 Å². The number of fused-ring (bicyclic) bond motifs is 2. The fourth-order valence-corrected chi connectivity index (χ4v) is 3.36. The van der Waals surface area contributed by atoms with E-state index in [1.54, 1.807) is 33.0 Å². The number of aromatic nitrogens is 5. The smallest absolute Gasteiger partial charge is 0.332 e. The Kier molecular flexibility index (Phi) is 4.65. The van der Waals surface area contributed by atoms with Crippen LogP contribution in [0.5, 0.6) is 0 Å². The minimum atomic E-state index is -0.802. The van der Waals surface area contributed by atoms with Crippen molar-refractivity contribution in [2.75, 3.05) is 0 Å². The van der Waals surface area contributed by atoms with Crippen molar-refractivity contribution < 1.29 is 13.6 Å². The zero-order valence-electron chi connectivity index (χ0n) is 16.4. The zero-order valence-corrected chi connectivity index (χ0v) is 16.4. The minimum absolute atomic E-state index is 0.0923. The van der Waals surface area contributed by atoms with Gasteiger partial charge in [-0.25, -0.2) is 28.5 Å². The first-order chi connectivity index (χ1) is 14.3. The topological polar surface area (TPSA) is 115 Å². The molecule has 30 heavy (non-hydrogen) atoms. The molecule has 154 valence electrons. The molecule has 11 heteroatoms. The number of nitrogens with one attached hydrogen (secondary N) is 1. The fraction of sp³-hybridized carbons (Fsp3) is 0.211. The van der Waals surface area contributed by atoms with E-state index in [1.807, 2.05) is 0 Å². The molecule has 2 amide bonds.